The molecule has 0 heterocycles. The molecule has 1 aromatic carbocycles. The van der Waals surface area contributed by atoms with E-state index >= 15 is 0 Å². The highest BCUT2D eigenvalue weighted by atomic mass is 79.9. The molecule has 1 aliphatic rings. The zero-order valence-electron chi connectivity index (χ0n) is 8.73. The molecule has 15 heavy (non-hydrogen) atoms. The molecule has 2 unspecified atom stereocenters. The van der Waals surface area contributed by atoms with Gasteiger partial charge in [0.1, 0.15) is 0 Å². The Morgan fingerprint density at radius 3 is 2.40 bits per heavy atom. The van der Waals surface area contributed by atoms with Gasteiger partial charge in [-0.2, -0.15) is 0 Å². The molecule has 0 aliphatic heterocycles. The van der Waals surface area contributed by atoms with E-state index in [0.717, 1.165) is 0 Å². The van der Waals surface area contributed by atoms with Crippen LogP contribution >= 0.6 is 39.1 Å². The molecule has 1 saturated carbocycles. The minimum atomic E-state index is 0.391. The van der Waals surface area contributed by atoms with E-state index in [1.165, 1.54) is 12.0 Å². The largest absolute Gasteiger partial charge is 0.0836 e. The Morgan fingerprint density at radius 1 is 1.33 bits per heavy atom. The average Bonchev–Trinajstić information content (AvgIpc) is 2.79. The van der Waals surface area contributed by atoms with Crippen LogP contribution in [-0.2, 0) is 0 Å². The predicted molar refractivity (Wildman–Crippen MR) is 70.0 cm³/mol. The number of hydrogen-bond donors (Lipinski definition) is 0. The van der Waals surface area contributed by atoms with Crippen LogP contribution in [-0.4, -0.2) is 0 Å². The molecule has 2 atom stereocenters. The molecular weight excluding hydrogens is 295 g/mol. The lowest BCUT2D eigenvalue weighted by Gasteiger charge is -2.12. The summed E-state index contributed by atoms with van der Waals surface area (Å²) in [5, 5.41) is 1.26. The monoisotopic (exact) mass is 306 g/mol. The van der Waals surface area contributed by atoms with Crippen molar-refractivity contribution in [2.75, 3.05) is 0 Å². The molecule has 0 amide bonds. The van der Waals surface area contributed by atoms with Gasteiger partial charge in [0.15, 0.2) is 0 Å². The summed E-state index contributed by atoms with van der Waals surface area (Å²) < 4.78 is 0. The summed E-state index contributed by atoms with van der Waals surface area (Å²) in [6.07, 6.45) is 1.27. The van der Waals surface area contributed by atoms with Crippen LogP contribution in [0.25, 0.3) is 0 Å². The first kappa shape index (κ1) is 11.8. The van der Waals surface area contributed by atoms with Crippen LogP contribution in [0.4, 0.5) is 0 Å². The van der Waals surface area contributed by atoms with Gasteiger partial charge in [-0.3, -0.25) is 0 Å². The highest BCUT2D eigenvalue weighted by molar-refractivity contribution is 9.09. The van der Waals surface area contributed by atoms with Gasteiger partial charge in [0, 0.05) is 4.83 Å². The number of halogens is 3. The van der Waals surface area contributed by atoms with Gasteiger partial charge < -0.3 is 0 Å². The molecule has 0 saturated heterocycles. The maximum Gasteiger partial charge on any atom is 0.0595 e. The molecule has 3 heteroatoms. The summed E-state index contributed by atoms with van der Waals surface area (Å²) >= 11 is 15.6. The van der Waals surface area contributed by atoms with Crippen LogP contribution in [0, 0.1) is 11.3 Å². The van der Waals surface area contributed by atoms with Crippen LogP contribution < -0.4 is 0 Å². The maximum absolute atomic E-state index is 6.00. The third-order valence-corrected chi connectivity index (χ3v) is 5.11. The summed E-state index contributed by atoms with van der Waals surface area (Å²) in [7, 11) is 0. The van der Waals surface area contributed by atoms with Gasteiger partial charge in [-0.05, 0) is 35.4 Å². The van der Waals surface area contributed by atoms with E-state index in [1.807, 2.05) is 18.2 Å². The molecule has 1 aromatic rings. The van der Waals surface area contributed by atoms with Crippen molar-refractivity contribution in [1.82, 2.24) is 0 Å². The van der Waals surface area contributed by atoms with Crippen molar-refractivity contribution in [2.24, 2.45) is 11.3 Å². The number of alkyl halides is 1. The lowest BCUT2D eigenvalue weighted by Crippen LogP contribution is -1.98. The van der Waals surface area contributed by atoms with Gasteiger partial charge in [-0.15, -0.1) is 0 Å². The first-order chi connectivity index (χ1) is 6.92. The molecule has 1 aliphatic carbocycles. The lowest BCUT2D eigenvalue weighted by molar-refractivity contribution is 0.555. The van der Waals surface area contributed by atoms with Crippen LogP contribution in [0.5, 0.6) is 0 Å². The van der Waals surface area contributed by atoms with E-state index in [-0.39, 0.29) is 0 Å². The van der Waals surface area contributed by atoms with E-state index < -0.39 is 0 Å². The van der Waals surface area contributed by atoms with Gasteiger partial charge in [0.2, 0.25) is 0 Å². The Hall–Kier alpha value is 0.280. The van der Waals surface area contributed by atoms with Crippen LogP contribution in [0.3, 0.4) is 0 Å². The molecule has 1 fully saturated rings. The van der Waals surface area contributed by atoms with Crippen molar-refractivity contribution < 1.29 is 0 Å². The zero-order valence-corrected chi connectivity index (χ0v) is 11.8. The van der Waals surface area contributed by atoms with Crippen molar-refractivity contribution >= 4 is 39.1 Å². The Kier molecular flexibility index (Phi) is 3.09. The van der Waals surface area contributed by atoms with Crippen molar-refractivity contribution in [3.8, 4) is 0 Å². The molecule has 0 nitrogen and oxygen atoms in total. The summed E-state index contributed by atoms with van der Waals surface area (Å²) in [5.41, 5.74) is 1.68. The van der Waals surface area contributed by atoms with Crippen LogP contribution in [0.2, 0.25) is 10.0 Å². The molecule has 0 spiro atoms. The predicted octanol–water partition coefficient (Wildman–Crippen LogP) is 5.48. The molecule has 82 valence electrons. The minimum Gasteiger partial charge on any atom is -0.0836 e. The normalized spacial score (nSPS) is 25.0. The van der Waals surface area contributed by atoms with Crippen molar-refractivity contribution in [1.29, 1.82) is 0 Å². The maximum atomic E-state index is 6.00. The van der Waals surface area contributed by atoms with Gasteiger partial charge in [-0.1, -0.05) is 59.0 Å². The van der Waals surface area contributed by atoms with Gasteiger partial charge >= 0.3 is 0 Å². The molecule has 0 N–H and O–H groups in total. The second kappa shape index (κ2) is 3.94. The van der Waals surface area contributed by atoms with E-state index in [4.69, 9.17) is 23.2 Å². The average molecular weight is 308 g/mol. The van der Waals surface area contributed by atoms with Crippen molar-refractivity contribution in [2.45, 2.75) is 25.1 Å². The zero-order chi connectivity index (χ0) is 11.2. The highest BCUT2D eigenvalue weighted by Gasteiger charge is 2.49. The van der Waals surface area contributed by atoms with Crippen LogP contribution in [0.1, 0.15) is 30.7 Å². The number of benzene rings is 1. The second-order valence-electron chi connectivity index (χ2n) is 4.87. The Labute approximate surface area is 109 Å². The summed E-state index contributed by atoms with van der Waals surface area (Å²) in [5.74, 6) is 0.703. The van der Waals surface area contributed by atoms with Gasteiger partial charge in [0.25, 0.3) is 0 Å². The lowest BCUT2D eigenvalue weighted by atomic mass is 10.0. The van der Waals surface area contributed by atoms with Crippen molar-refractivity contribution in [3.05, 3.63) is 33.8 Å². The van der Waals surface area contributed by atoms with Gasteiger partial charge in [-0.25, -0.2) is 0 Å². The Bertz CT molecular complexity index is 387. The Balaban J connectivity index is 2.20. The summed E-state index contributed by atoms with van der Waals surface area (Å²) in [6, 6.07) is 5.86. The smallest absolute Gasteiger partial charge is 0.0595 e. The first-order valence-electron chi connectivity index (χ1n) is 5.01. The molecule has 0 aromatic heterocycles. The third-order valence-electron chi connectivity index (χ3n) is 3.21. The Morgan fingerprint density at radius 2 is 1.93 bits per heavy atom. The quantitative estimate of drug-likeness (QED) is 0.635. The molecule has 0 bridgehead atoms. The van der Waals surface area contributed by atoms with E-state index in [1.54, 1.807) is 0 Å². The standard InChI is InChI=1S/C12H13BrCl2/c1-12(2)6-8(12)11(13)7-3-4-9(14)10(15)5-7/h3-5,8,11H,6H2,1-2H3. The van der Waals surface area contributed by atoms with E-state index in [0.29, 0.717) is 26.2 Å². The third kappa shape index (κ3) is 2.35. The van der Waals surface area contributed by atoms with E-state index in [9.17, 15) is 0 Å². The fourth-order valence-electron chi connectivity index (χ4n) is 1.92. The van der Waals surface area contributed by atoms with Crippen molar-refractivity contribution in [3.63, 3.8) is 0 Å². The molecule has 0 radical (unpaired) electrons. The first-order valence-corrected chi connectivity index (χ1v) is 6.68. The van der Waals surface area contributed by atoms with E-state index in [2.05, 4.69) is 29.8 Å². The molecule has 2 rings (SSSR count). The number of hydrogen-bond acceptors (Lipinski definition) is 0. The molecular formula is C12H13BrCl2. The number of rotatable bonds is 2. The fraction of sp³-hybridized carbons (Fsp3) is 0.500. The minimum absolute atomic E-state index is 0.391. The fourth-order valence-corrected chi connectivity index (χ4v) is 3.42. The topological polar surface area (TPSA) is 0 Å². The van der Waals surface area contributed by atoms with Crippen LogP contribution in [0.15, 0.2) is 18.2 Å². The van der Waals surface area contributed by atoms with Gasteiger partial charge in [0.05, 0.1) is 10.0 Å². The highest BCUT2D eigenvalue weighted by Crippen LogP contribution is 2.60. The summed E-state index contributed by atoms with van der Waals surface area (Å²) in [6.45, 7) is 4.59. The second-order valence-corrected chi connectivity index (χ2v) is 6.68. The SMILES string of the molecule is CC1(C)CC1C(Br)c1ccc(Cl)c(Cl)c1. The summed E-state index contributed by atoms with van der Waals surface area (Å²) in [4.78, 5) is 0.391.